The highest BCUT2D eigenvalue weighted by atomic mass is 32.1. The van der Waals surface area contributed by atoms with Crippen molar-refractivity contribution in [3.05, 3.63) is 52.0 Å². The molecule has 2 aromatic rings. The number of hydrogen-bond acceptors (Lipinski definition) is 4. The normalized spacial score (nSPS) is 10.3. The molecule has 1 amide bonds. The topological polar surface area (TPSA) is 51.2 Å². The minimum absolute atomic E-state index is 0.184. The Kier molecular flexibility index (Phi) is 4.44. The average molecular weight is 262 g/mol. The lowest BCUT2D eigenvalue weighted by molar-refractivity contribution is -0.133. The Bertz CT molecular complexity index is 511. The number of hydroxylamine groups is 1. The van der Waals surface area contributed by atoms with Crippen LogP contribution in [0.25, 0.3) is 0 Å². The van der Waals surface area contributed by atoms with Crippen molar-refractivity contribution >= 4 is 17.2 Å². The number of rotatable bonds is 5. The Morgan fingerprint density at radius 1 is 1.39 bits per heavy atom. The number of thiazole rings is 1. The molecule has 0 radical (unpaired) electrons. The van der Waals surface area contributed by atoms with Crippen LogP contribution >= 0.6 is 11.3 Å². The van der Waals surface area contributed by atoms with Crippen molar-refractivity contribution < 1.29 is 9.63 Å². The number of amides is 1. The van der Waals surface area contributed by atoms with E-state index in [0.29, 0.717) is 6.61 Å². The van der Waals surface area contributed by atoms with Gasteiger partial charge in [0.1, 0.15) is 0 Å². The van der Waals surface area contributed by atoms with E-state index in [2.05, 4.69) is 10.5 Å². The van der Waals surface area contributed by atoms with Gasteiger partial charge in [0.25, 0.3) is 0 Å². The van der Waals surface area contributed by atoms with Gasteiger partial charge in [-0.1, -0.05) is 30.3 Å². The number of benzene rings is 1. The molecule has 0 saturated carbocycles. The SMILES string of the molecule is Cc1nc(CC(=O)NOCc2ccccc2)cs1. The molecule has 2 rings (SSSR count). The van der Waals surface area contributed by atoms with Gasteiger partial charge in [0, 0.05) is 5.38 Å². The number of aromatic nitrogens is 1. The smallest absolute Gasteiger partial charge is 0.249 e. The first-order chi connectivity index (χ1) is 8.74. The summed E-state index contributed by atoms with van der Waals surface area (Å²) in [7, 11) is 0. The fourth-order valence-electron chi connectivity index (χ4n) is 1.46. The molecule has 1 heterocycles. The van der Waals surface area contributed by atoms with Crippen LogP contribution in [0.15, 0.2) is 35.7 Å². The van der Waals surface area contributed by atoms with E-state index < -0.39 is 0 Å². The van der Waals surface area contributed by atoms with Gasteiger partial charge in [-0.2, -0.15) is 0 Å². The maximum absolute atomic E-state index is 11.5. The molecule has 1 aromatic heterocycles. The highest BCUT2D eigenvalue weighted by molar-refractivity contribution is 7.09. The van der Waals surface area contributed by atoms with Gasteiger partial charge < -0.3 is 0 Å². The monoisotopic (exact) mass is 262 g/mol. The number of nitrogens with zero attached hydrogens (tertiary/aromatic N) is 1. The van der Waals surface area contributed by atoms with E-state index in [4.69, 9.17) is 4.84 Å². The van der Waals surface area contributed by atoms with Gasteiger partial charge >= 0.3 is 0 Å². The standard InChI is InChI=1S/C13H14N2O2S/c1-10-14-12(9-18-10)7-13(16)15-17-8-11-5-3-2-4-6-11/h2-6,9H,7-8H2,1H3,(H,15,16). The van der Waals surface area contributed by atoms with Crippen LogP contribution in [0.3, 0.4) is 0 Å². The maximum Gasteiger partial charge on any atom is 0.249 e. The van der Waals surface area contributed by atoms with Crippen molar-refractivity contribution in [2.75, 3.05) is 0 Å². The fraction of sp³-hybridized carbons (Fsp3) is 0.231. The second kappa shape index (κ2) is 6.28. The van der Waals surface area contributed by atoms with Crippen molar-refractivity contribution in [3.8, 4) is 0 Å². The highest BCUT2D eigenvalue weighted by Crippen LogP contribution is 2.08. The lowest BCUT2D eigenvalue weighted by atomic mass is 10.2. The fourth-order valence-corrected chi connectivity index (χ4v) is 2.08. The van der Waals surface area contributed by atoms with Gasteiger partial charge in [-0.3, -0.25) is 9.63 Å². The third-order valence-corrected chi connectivity index (χ3v) is 3.10. The molecule has 0 bridgehead atoms. The molecule has 0 aliphatic heterocycles. The molecule has 18 heavy (non-hydrogen) atoms. The second-order valence-corrected chi connectivity index (χ2v) is 4.90. The van der Waals surface area contributed by atoms with Crippen LogP contribution in [0, 0.1) is 6.92 Å². The van der Waals surface area contributed by atoms with Crippen molar-refractivity contribution in [2.24, 2.45) is 0 Å². The molecule has 1 aromatic carbocycles. The zero-order valence-corrected chi connectivity index (χ0v) is 10.9. The molecule has 4 nitrogen and oxygen atoms in total. The summed E-state index contributed by atoms with van der Waals surface area (Å²) in [5.74, 6) is -0.184. The number of nitrogens with one attached hydrogen (secondary N) is 1. The van der Waals surface area contributed by atoms with Gasteiger partial charge in [-0.15, -0.1) is 11.3 Å². The molecular formula is C13H14N2O2S. The maximum atomic E-state index is 11.5. The molecule has 5 heteroatoms. The molecule has 0 saturated heterocycles. The van der Waals surface area contributed by atoms with Gasteiger partial charge in [0.05, 0.1) is 23.7 Å². The van der Waals surface area contributed by atoms with Crippen LogP contribution < -0.4 is 5.48 Å². The molecule has 0 unspecified atom stereocenters. The quantitative estimate of drug-likeness (QED) is 0.841. The summed E-state index contributed by atoms with van der Waals surface area (Å²) >= 11 is 1.54. The summed E-state index contributed by atoms with van der Waals surface area (Å²) in [4.78, 5) is 20.9. The Morgan fingerprint density at radius 3 is 2.83 bits per heavy atom. The lowest BCUT2D eigenvalue weighted by Crippen LogP contribution is -2.25. The summed E-state index contributed by atoms with van der Waals surface area (Å²) in [6.07, 6.45) is 0.249. The average Bonchev–Trinajstić information content (AvgIpc) is 2.76. The summed E-state index contributed by atoms with van der Waals surface area (Å²) in [5.41, 5.74) is 4.21. The Labute approximate surface area is 110 Å². The van der Waals surface area contributed by atoms with Gasteiger partial charge in [0.15, 0.2) is 0 Å². The van der Waals surface area contributed by atoms with Gasteiger partial charge in [0.2, 0.25) is 5.91 Å². The van der Waals surface area contributed by atoms with Crippen molar-refractivity contribution in [1.29, 1.82) is 0 Å². The minimum Gasteiger partial charge on any atom is -0.272 e. The molecule has 0 fully saturated rings. The third kappa shape index (κ3) is 3.94. The molecule has 94 valence electrons. The largest absolute Gasteiger partial charge is 0.272 e. The molecule has 0 aliphatic carbocycles. The number of aryl methyl sites for hydroxylation is 1. The third-order valence-electron chi connectivity index (χ3n) is 2.28. The molecule has 0 spiro atoms. The van der Waals surface area contributed by atoms with Crippen LogP contribution in [-0.4, -0.2) is 10.9 Å². The molecular weight excluding hydrogens is 248 g/mol. The second-order valence-electron chi connectivity index (χ2n) is 3.83. The summed E-state index contributed by atoms with van der Waals surface area (Å²) < 4.78 is 0. The molecule has 1 N–H and O–H groups in total. The van der Waals surface area contributed by atoms with E-state index in [-0.39, 0.29) is 12.3 Å². The first kappa shape index (κ1) is 12.7. The summed E-state index contributed by atoms with van der Waals surface area (Å²) in [6, 6.07) is 9.68. The van der Waals surface area contributed by atoms with Crippen molar-refractivity contribution in [1.82, 2.24) is 10.5 Å². The van der Waals surface area contributed by atoms with E-state index in [0.717, 1.165) is 16.3 Å². The van der Waals surface area contributed by atoms with E-state index in [1.807, 2.05) is 42.6 Å². The predicted octanol–water partition coefficient (Wildman–Crippen LogP) is 2.24. The van der Waals surface area contributed by atoms with Crippen LogP contribution in [0.5, 0.6) is 0 Å². The summed E-state index contributed by atoms with van der Waals surface area (Å²) in [6.45, 7) is 2.28. The molecule has 0 aliphatic rings. The van der Waals surface area contributed by atoms with Crippen LogP contribution in [0.2, 0.25) is 0 Å². The first-order valence-electron chi connectivity index (χ1n) is 5.59. The number of carbonyl (C=O) groups is 1. The zero-order chi connectivity index (χ0) is 12.8. The van der Waals surface area contributed by atoms with Crippen molar-refractivity contribution in [3.63, 3.8) is 0 Å². The minimum atomic E-state index is -0.184. The number of hydrogen-bond donors (Lipinski definition) is 1. The predicted molar refractivity (Wildman–Crippen MR) is 69.9 cm³/mol. The van der Waals surface area contributed by atoms with Gasteiger partial charge in [-0.05, 0) is 12.5 Å². The Balaban J connectivity index is 1.72. The summed E-state index contributed by atoms with van der Waals surface area (Å²) in [5, 5.41) is 2.84. The zero-order valence-electron chi connectivity index (χ0n) is 10.1. The van der Waals surface area contributed by atoms with E-state index in [1.165, 1.54) is 11.3 Å². The van der Waals surface area contributed by atoms with Crippen LogP contribution in [-0.2, 0) is 22.7 Å². The van der Waals surface area contributed by atoms with Crippen LogP contribution in [0.4, 0.5) is 0 Å². The van der Waals surface area contributed by atoms with E-state index >= 15 is 0 Å². The number of carbonyl (C=O) groups excluding carboxylic acids is 1. The Hall–Kier alpha value is -1.72. The highest BCUT2D eigenvalue weighted by Gasteiger charge is 2.06. The molecule has 0 atom stereocenters. The van der Waals surface area contributed by atoms with E-state index in [1.54, 1.807) is 0 Å². The lowest BCUT2D eigenvalue weighted by Gasteiger charge is -2.04. The van der Waals surface area contributed by atoms with Gasteiger partial charge in [-0.25, -0.2) is 10.5 Å². The van der Waals surface area contributed by atoms with Crippen LogP contribution in [0.1, 0.15) is 16.3 Å². The van der Waals surface area contributed by atoms with E-state index in [9.17, 15) is 4.79 Å². The van der Waals surface area contributed by atoms with Crippen molar-refractivity contribution in [2.45, 2.75) is 20.0 Å². The Morgan fingerprint density at radius 2 is 2.17 bits per heavy atom. The first-order valence-corrected chi connectivity index (χ1v) is 6.47.